The fourth-order valence-electron chi connectivity index (χ4n) is 2.52. The molecule has 1 heterocycles. The molecular weight excluding hydrogens is 330 g/mol. The Morgan fingerprint density at radius 2 is 1.88 bits per heavy atom. The number of hydrogen-bond acceptors (Lipinski definition) is 8. The normalized spacial score (nSPS) is 29.7. The van der Waals surface area contributed by atoms with Crippen molar-refractivity contribution >= 4 is 5.69 Å². The molecule has 142 valence electrons. The highest BCUT2D eigenvalue weighted by atomic mass is 16.7. The van der Waals surface area contributed by atoms with Crippen LogP contribution >= 0.6 is 0 Å². The second-order valence-corrected chi connectivity index (χ2v) is 6.26. The van der Waals surface area contributed by atoms with Gasteiger partial charge in [0, 0.05) is 7.05 Å². The molecule has 0 aromatic heterocycles. The SMILES string of the molecule is CNc1cc(COC(C)C)ccc1OC1OC(CO)C(O)C(O)C1O. The van der Waals surface area contributed by atoms with E-state index in [4.69, 9.17) is 14.2 Å². The van der Waals surface area contributed by atoms with Crippen LogP contribution in [0, 0.1) is 0 Å². The van der Waals surface area contributed by atoms with Gasteiger partial charge in [-0.3, -0.25) is 0 Å². The Balaban J connectivity index is 2.12. The number of aliphatic hydroxyl groups excluding tert-OH is 4. The molecule has 5 N–H and O–H groups in total. The van der Waals surface area contributed by atoms with E-state index in [9.17, 15) is 20.4 Å². The molecule has 5 unspecified atom stereocenters. The van der Waals surface area contributed by atoms with Crippen molar-refractivity contribution in [1.82, 2.24) is 0 Å². The van der Waals surface area contributed by atoms with Crippen molar-refractivity contribution in [2.75, 3.05) is 19.0 Å². The van der Waals surface area contributed by atoms with E-state index >= 15 is 0 Å². The van der Waals surface area contributed by atoms with E-state index in [1.165, 1.54) is 0 Å². The predicted molar refractivity (Wildman–Crippen MR) is 90.3 cm³/mol. The third-order valence-electron chi connectivity index (χ3n) is 3.99. The van der Waals surface area contributed by atoms with Crippen LogP contribution in [-0.2, 0) is 16.1 Å². The second kappa shape index (κ2) is 8.79. The Morgan fingerprint density at radius 3 is 2.48 bits per heavy atom. The summed E-state index contributed by atoms with van der Waals surface area (Å²) in [5, 5.41) is 41.9. The van der Waals surface area contributed by atoms with Gasteiger partial charge in [-0.1, -0.05) is 6.07 Å². The van der Waals surface area contributed by atoms with Gasteiger partial charge in [-0.2, -0.15) is 0 Å². The predicted octanol–water partition coefficient (Wildman–Crippen LogP) is -0.168. The van der Waals surface area contributed by atoms with Crippen molar-refractivity contribution in [2.24, 2.45) is 0 Å². The first-order valence-electron chi connectivity index (χ1n) is 8.26. The minimum Gasteiger partial charge on any atom is -0.460 e. The molecule has 0 amide bonds. The summed E-state index contributed by atoms with van der Waals surface area (Å²) in [5.41, 5.74) is 1.60. The van der Waals surface area contributed by atoms with Gasteiger partial charge in [0.2, 0.25) is 6.29 Å². The fourth-order valence-corrected chi connectivity index (χ4v) is 2.52. The molecule has 1 fully saturated rings. The van der Waals surface area contributed by atoms with Gasteiger partial charge in [-0.15, -0.1) is 0 Å². The summed E-state index contributed by atoms with van der Waals surface area (Å²) in [4.78, 5) is 0. The minimum absolute atomic E-state index is 0.114. The number of ether oxygens (including phenoxy) is 3. The molecule has 8 nitrogen and oxygen atoms in total. The first kappa shape index (κ1) is 19.9. The average Bonchev–Trinajstić information content (AvgIpc) is 2.60. The standard InChI is InChI=1S/C17H27NO7/c1-9(2)23-8-10-4-5-12(11(6-10)18-3)24-17-16(22)15(21)14(20)13(7-19)25-17/h4-6,9,13-22H,7-8H2,1-3H3. The largest absolute Gasteiger partial charge is 0.460 e. The van der Waals surface area contributed by atoms with Gasteiger partial charge >= 0.3 is 0 Å². The Bertz CT molecular complexity index is 552. The van der Waals surface area contributed by atoms with Gasteiger partial charge in [0.15, 0.2) is 0 Å². The molecular formula is C17H27NO7. The van der Waals surface area contributed by atoms with Crippen LogP contribution in [0.4, 0.5) is 5.69 Å². The van der Waals surface area contributed by atoms with Gasteiger partial charge in [-0.25, -0.2) is 0 Å². The Hall–Kier alpha value is -1.42. The van der Waals surface area contributed by atoms with Crippen LogP contribution in [0.2, 0.25) is 0 Å². The molecule has 1 aromatic carbocycles. The van der Waals surface area contributed by atoms with Crippen molar-refractivity contribution in [3.05, 3.63) is 23.8 Å². The monoisotopic (exact) mass is 357 g/mol. The maximum absolute atomic E-state index is 10.1. The number of aliphatic hydroxyl groups is 4. The van der Waals surface area contributed by atoms with E-state index in [1.54, 1.807) is 13.1 Å². The van der Waals surface area contributed by atoms with Gasteiger partial charge in [-0.05, 0) is 31.5 Å². The van der Waals surface area contributed by atoms with E-state index in [0.29, 0.717) is 18.0 Å². The zero-order valence-corrected chi connectivity index (χ0v) is 14.6. The van der Waals surface area contributed by atoms with Crippen LogP contribution in [-0.4, -0.2) is 70.9 Å². The molecule has 8 heteroatoms. The van der Waals surface area contributed by atoms with E-state index in [1.807, 2.05) is 26.0 Å². The number of anilines is 1. The summed E-state index contributed by atoms with van der Waals surface area (Å²) < 4.78 is 16.6. The van der Waals surface area contributed by atoms with Crippen LogP contribution in [0.25, 0.3) is 0 Å². The molecule has 1 aliphatic rings. The van der Waals surface area contributed by atoms with E-state index < -0.39 is 37.3 Å². The first-order valence-corrected chi connectivity index (χ1v) is 8.26. The van der Waals surface area contributed by atoms with Crippen molar-refractivity contribution in [2.45, 2.75) is 57.3 Å². The number of hydrogen-bond donors (Lipinski definition) is 5. The highest BCUT2D eigenvalue weighted by molar-refractivity contribution is 5.57. The molecule has 0 radical (unpaired) electrons. The number of rotatable bonds is 7. The maximum Gasteiger partial charge on any atom is 0.229 e. The third-order valence-corrected chi connectivity index (χ3v) is 3.99. The molecule has 1 aliphatic heterocycles. The molecule has 0 bridgehead atoms. The van der Waals surface area contributed by atoms with Crippen molar-refractivity contribution in [3.8, 4) is 5.75 Å². The van der Waals surface area contributed by atoms with Gasteiger partial charge < -0.3 is 40.0 Å². The third kappa shape index (κ3) is 4.81. The van der Waals surface area contributed by atoms with Crippen LogP contribution in [0.1, 0.15) is 19.4 Å². The highest BCUT2D eigenvalue weighted by Gasteiger charge is 2.44. The number of benzene rings is 1. The van der Waals surface area contributed by atoms with Crippen LogP contribution in [0.3, 0.4) is 0 Å². The topological polar surface area (TPSA) is 121 Å². The zero-order chi connectivity index (χ0) is 18.6. The van der Waals surface area contributed by atoms with Crippen LogP contribution in [0.15, 0.2) is 18.2 Å². The van der Waals surface area contributed by atoms with Crippen LogP contribution in [0.5, 0.6) is 5.75 Å². The van der Waals surface area contributed by atoms with E-state index in [-0.39, 0.29) is 6.10 Å². The first-order chi connectivity index (χ1) is 11.9. The summed E-state index contributed by atoms with van der Waals surface area (Å²) >= 11 is 0. The minimum atomic E-state index is -1.48. The van der Waals surface area contributed by atoms with Crippen LogP contribution < -0.4 is 10.1 Å². The second-order valence-electron chi connectivity index (χ2n) is 6.26. The molecule has 0 saturated carbocycles. The highest BCUT2D eigenvalue weighted by Crippen LogP contribution is 2.30. The lowest BCUT2D eigenvalue weighted by molar-refractivity contribution is -0.277. The summed E-state index contributed by atoms with van der Waals surface area (Å²) in [6, 6.07) is 5.37. The van der Waals surface area contributed by atoms with Gasteiger partial charge in [0.05, 0.1) is 25.0 Å². The molecule has 0 aliphatic carbocycles. The van der Waals surface area contributed by atoms with Crippen molar-refractivity contribution in [3.63, 3.8) is 0 Å². The Morgan fingerprint density at radius 1 is 1.16 bits per heavy atom. The lowest BCUT2D eigenvalue weighted by atomic mass is 9.99. The Kier molecular flexibility index (Phi) is 7.00. The van der Waals surface area contributed by atoms with Crippen molar-refractivity contribution in [1.29, 1.82) is 0 Å². The molecule has 2 rings (SSSR count). The Labute approximate surface area is 147 Å². The average molecular weight is 357 g/mol. The quantitative estimate of drug-likeness (QED) is 0.456. The zero-order valence-electron chi connectivity index (χ0n) is 14.6. The summed E-state index contributed by atoms with van der Waals surface area (Å²) in [6.07, 6.45) is -6.47. The molecule has 25 heavy (non-hydrogen) atoms. The molecule has 1 aromatic rings. The van der Waals surface area contributed by atoms with Gasteiger partial charge in [0.25, 0.3) is 0 Å². The molecule has 0 spiro atoms. The van der Waals surface area contributed by atoms with Gasteiger partial charge in [0.1, 0.15) is 30.2 Å². The lowest BCUT2D eigenvalue weighted by Gasteiger charge is -2.39. The maximum atomic E-state index is 10.1. The lowest BCUT2D eigenvalue weighted by Crippen LogP contribution is -2.60. The smallest absolute Gasteiger partial charge is 0.229 e. The fraction of sp³-hybridized carbons (Fsp3) is 0.647. The van der Waals surface area contributed by atoms with E-state index in [0.717, 1.165) is 5.56 Å². The summed E-state index contributed by atoms with van der Waals surface area (Å²) in [7, 11) is 1.72. The molecule has 1 saturated heterocycles. The summed E-state index contributed by atoms with van der Waals surface area (Å²) in [5.74, 6) is 0.403. The summed E-state index contributed by atoms with van der Waals surface area (Å²) in [6.45, 7) is 3.85. The number of nitrogens with one attached hydrogen (secondary N) is 1. The van der Waals surface area contributed by atoms with E-state index in [2.05, 4.69) is 5.32 Å². The van der Waals surface area contributed by atoms with Crippen molar-refractivity contribution < 1.29 is 34.6 Å². The molecule has 5 atom stereocenters.